The van der Waals surface area contributed by atoms with Gasteiger partial charge in [-0.1, -0.05) is 18.2 Å². The van der Waals surface area contributed by atoms with Crippen LogP contribution in [0.4, 0.5) is 14.5 Å². The first kappa shape index (κ1) is 26.2. The number of alkyl halides is 2. The van der Waals surface area contributed by atoms with Crippen molar-refractivity contribution in [2.75, 3.05) is 31.1 Å². The molecule has 0 saturated carbocycles. The van der Waals surface area contributed by atoms with Crippen molar-refractivity contribution < 1.29 is 22.7 Å². The lowest BCUT2D eigenvalue weighted by molar-refractivity contribution is 0.0520. The number of amides is 1. The smallest absolute Gasteiger partial charge is 0.291 e. The van der Waals surface area contributed by atoms with Crippen LogP contribution in [-0.4, -0.2) is 44.2 Å². The summed E-state index contributed by atoms with van der Waals surface area (Å²) in [4.78, 5) is 15.0. The van der Waals surface area contributed by atoms with Gasteiger partial charge >= 0.3 is 0 Å². The van der Waals surface area contributed by atoms with Gasteiger partial charge in [-0.25, -0.2) is 0 Å². The number of allylic oxidation sites excluding steroid dienone is 2. The Morgan fingerprint density at radius 1 is 1.11 bits per heavy atom. The van der Waals surface area contributed by atoms with E-state index >= 15 is 0 Å². The molecule has 2 fully saturated rings. The van der Waals surface area contributed by atoms with Crippen molar-refractivity contribution in [2.45, 2.75) is 57.6 Å². The van der Waals surface area contributed by atoms with Crippen molar-refractivity contribution in [3.8, 4) is 5.75 Å². The third-order valence-corrected chi connectivity index (χ3v) is 7.53. The molecule has 1 amide bonds. The van der Waals surface area contributed by atoms with E-state index in [4.69, 9.17) is 9.15 Å². The molecule has 8 heteroatoms. The lowest BCUT2D eigenvalue weighted by Crippen LogP contribution is -2.42. The van der Waals surface area contributed by atoms with Gasteiger partial charge in [0.1, 0.15) is 17.4 Å². The normalized spacial score (nSPS) is 17.8. The zero-order valence-electron chi connectivity index (χ0n) is 21.9. The fourth-order valence-corrected chi connectivity index (χ4v) is 5.34. The summed E-state index contributed by atoms with van der Waals surface area (Å²) in [7, 11) is 0. The molecule has 1 aromatic heterocycles. The molecule has 0 spiro atoms. The van der Waals surface area contributed by atoms with Gasteiger partial charge in [-0.2, -0.15) is 8.78 Å². The highest BCUT2D eigenvalue weighted by molar-refractivity contribution is 5.99. The van der Waals surface area contributed by atoms with Gasteiger partial charge in [0.05, 0.1) is 0 Å². The third kappa shape index (κ3) is 5.70. The number of furan rings is 1. The largest absolute Gasteiger partial charge is 0.490 e. The van der Waals surface area contributed by atoms with E-state index in [0.717, 1.165) is 74.6 Å². The molecular weight excluding hydrogens is 488 g/mol. The SMILES string of the molecule is C/C=C/C(F)(F)c1ccc(N2CCC(Oc3ccc4c(C)c(C(=O)NC5CCNCC5)oc4c3)CC2)cc1. The van der Waals surface area contributed by atoms with Crippen molar-refractivity contribution in [2.24, 2.45) is 0 Å². The maximum absolute atomic E-state index is 14.1. The fourth-order valence-electron chi connectivity index (χ4n) is 5.34. The van der Waals surface area contributed by atoms with Crippen LogP contribution in [0.15, 0.2) is 59.0 Å². The van der Waals surface area contributed by atoms with Crippen LogP contribution in [-0.2, 0) is 5.92 Å². The second-order valence-corrected chi connectivity index (χ2v) is 10.2. The molecular formula is C30H35F2N3O3. The van der Waals surface area contributed by atoms with E-state index in [-0.39, 0.29) is 23.6 Å². The first-order chi connectivity index (χ1) is 18.3. The van der Waals surface area contributed by atoms with E-state index in [1.807, 2.05) is 25.1 Å². The number of hydrogen-bond acceptors (Lipinski definition) is 5. The minimum Gasteiger partial charge on any atom is -0.490 e. The molecule has 2 aliphatic heterocycles. The Bertz CT molecular complexity index is 1290. The summed E-state index contributed by atoms with van der Waals surface area (Å²) >= 11 is 0. The zero-order chi connectivity index (χ0) is 26.7. The van der Waals surface area contributed by atoms with Crippen LogP contribution in [0.25, 0.3) is 11.0 Å². The highest BCUT2D eigenvalue weighted by Gasteiger charge is 2.28. The van der Waals surface area contributed by atoms with E-state index in [1.54, 1.807) is 19.1 Å². The predicted octanol–water partition coefficient (Wildman–Crippen LogP) is 5.94. The number of carbonyl (C=O) groups excluding carboxylic acids is 1. The van der Waals surface area contributed by atoms with Gasteiger partial charge in [-0.15, -0.1) is 0 Å². The van der Waals surface area contributed by atoms with Crippen molar-refractivity contribution in [1.29, 1.82) is 0 Å². The predicted molar refractivity (Wildman–Crippen MR) is 145 cm³/mol. The summed E-state index contributed by atoms with van der Waals surface area (Å²) in [5, 5.41) is 7.31. The number of aryl methyl sites for hydroxylation is 1. The van der Waals surface area contributed by atoms with Crippen molar-refractivity contribution in [1.82, 2.24) is 10.6 Å². The van der Waals surface area contributed by atoms with Crippen LogP contribution in [0, 0.1) is 6.92 Å². The van der Waals surface area contributed by atoms with Gasteiger partial charge in [0, 0.05) is 60.2 Å². The first-order valence-electron chi connectivity index (χ1n) is 13.4. The Morgan fingerprint density at radius 2 is 1.82 bits per heavy atom. The Hall–Kier alpha value is -3.39. The molecule has 2 aromatic carbocycles. The molecule has 0 unspecified atom stereocenters. The highest BCUT2D eigenvalue weighted by atomic mass is 19.3. The number of piperidine rings is 2. The number of nitrogens with zero attached hydrogens (tertiary/aromatic N) is 1. The molecule has 38 heavy (non-hydrogen) atoms. The Morgan fingerprint density at radius 3 is 2.50 bits per heavy atom. The molecule has 3 heterocycles. The number of rotatable bonds is 7. The first-order valence-corrected chi connectivity index (χ1v) is 13.4. The number of hydrogen-bond donors (Lipinski definition) is 2. The van der Waals surface area contributed by atoms with Gasteiger partial charge in [-0.3, -0.25) is 4.79 Å². The van der Waals surface area contributed by atoms with Crippen LogP contribution >= 0.6 is 0 Å². The van der Waals surface area contributed by atoms with Crippen LogP contribution in [0.5, 0.6) is 5.75 Å². The summed E-state index contributed by atoms with van der Waals surface area (Å²) in [5.74, 6) is -2.05. The van der Waals surface area contributed by atoms with Gasteiger partial charge in [0.25, 0.3) is 11.8 Å². The average Bonchev–Trinajstić information content (AvgIpc) is 3.25. The van der Waals surface area contributed by atoms with Crippen LogP contribution < -0.4 is 20.3 Å². The van der Waals surface area contributed by atoms with Crippen molar-refractivity contribution in [3.05, 3.63) is 71.5 Å². The molecule has 202 valence electrons. The Labute approximate surface area is 222 Å². The number of nitrogens with one attached hydrogen (secondary N) is 2. The second-order valence-electron chi connectivity index (χ2n) is 10.2. The van der Waals surface area contributed by atoms with E-state index in [2.05, 4.69) is 15.5 Å². The maximum Gasteiger partial charge on any atom is 0.291 e. The molecule has 0 radical (unpaired) electrons. The Kier molecular flexibility index (Phi) is 7.70. The number of fused-ring (bicyclic) bond motifs is 1. The number of anilines is 1. The molecule has 5 rings (SSSR count). The molecule has 6 nitrogen and oxygen atoms in total. The van der Waals surface area contributed by atoms with Gasteiger partial charge < -0.3 is 24.7 Å². The van der Waals surface area contributed by atoms with Crippen molar-refractivity contribution in [3.63, 3.8) is 0 Å². The summed E-state index contributed by atoms with van der Waals surface area (Å²) < 4.78 is 40.4. The molecule has 0 aliphatic carbocycles. The average molecular weight is 524 g/mol. The van der Waals surface area contributed by atoms with E-state index in [9.17, 15) is 13.6 Å². The van der Waals surface area contributed by atoms with Crippen molar-refractivity contribution >= 4 is 22.6 Å². The zero-order valence-corrected chi connectivity index (χ0v) is 21.9. The van der Waals surface area contributed by atoms with Crippen LogP contribution in [0.3, 0.4) is 0 Å². The summed E-state index contributed by atoms with van der Waals surface area (Å²) in [6.07, 6.45) is 5.79. The minimum atomic E-state index is -2.96. The molecule has 0 atom stereocenters. The lowest BCUT2D eigenvalue weighted by Gasteiger charge is -2.34. The fraction of sp³-hybridized carbons (Fsp3) is 0.433. The molecule has 2 saturated heterocycles. The minimum absolute atomic E-state index is 0.00644. The topological polar surface area (TPSA) is 66.7 Å². The summed E-state index contributed by atoms with van der Waals surface area (Å²) in [5.41, 5.74) is 2.41. The highest BCUT2D eigenvalue weighted by Crippen LogP contribution is 2.33. The third-order valence-electron chi connectivity index (χ3n) is 7.53. The monoisotopic (exact) mass is 523 g/mol. The number of halogens is 2. The van der Waals surface area contributed by atoms with Gasteiger partial charge in [-0.05, 0) is 70.1 Å². The summed E-state index contributed by atoms with van der Waals surface area (Å²) in [6, 6.07) is 12.4. The number of benzene rings is 2. The van der Waals surface area contributed by atoms with Crippen LogP contribution in [0.1, 0.15) is 54.3 Å². The lowest BCUT2D eigenvalue weighted by atomic mass is 10.0. The van der Waals surface area contributed by atoms with Gasteiger partial charge in [0.2, 0.25) is 0 Å². The summed E-state index contributed by atoms with van der Waals surface area (Å²) in [6.45, 7) is 6.87. The van der Waals surface area contributed by atoms with E-state index < -0.39 is 5.92 Å². The number of carbonyl (C=O) groups is 1. The van der Waals surface area contributed by atoms with E-state index in [1.165, 1.54) is 18.2 Å². The quantitative estimate of drug-likeness (QED) is 0.375. The standard InChI is InChI=1S/C30H35F2N3O3/c1-3-14-30(31,32)21-4-6-23(7-5-21)35-17-12-24(13-18-35)37-25-8-9-26-20(2)28(38-27(26)19-25)29(36)34-22-10-15-33-16-11-22/h3-9,14,19,22,24,33H,10-13,15-18H2,1-2H3,(H,34,36)/b14-3+. The number of ether oxygens (including phenoxy) is 1. The van der Waals surface area contributed by atoms with Gasteiger partial charge in [0.15, 0.2) is 5.76 Å². The molecule has 0 bridgehead atoms. The Balaban J connectivity index is 1.19. The maximum atomic E-state index is 14.1. The molecule has 3 aromatic rings. The molecule has 2 aliphatic rings. The second kappa shape index (κ2) is 11.2. The van der Waals surface area contributed by atoms with Crippen LogP contribution in [0.2, 0.25) is 0 Å². The molecule has 2 N–H and O–H groups in total. The van der Waals surface area contributed by atoms with E-state index in [0.29, 0.717) is 17.1 Å².